The van der Waals surface area contributed by atoms with E-state index in [9.17, 15) is 4.79 Å². The fourth-order valence-corrected chi connectivity index (χ4v) is 1.95. The van der Waals surface area contributed by atoms with Crippen LogP contribution in [0.3, 0.4) is 0 Å². The summed E-state index contributed by atoms with van der Waals surface area (Å²) in [5.41, 5.74) is 7.76. The van der Waals surface area contributed by atoms with Crippen molar-refractivity contribution in [1.29, 1.82) is 0 Å². The maximum atomic E-state index is 11.6. The molecule has 0 unspecified atom stereocenters. The van der Waals surface area contributed by atoms with Gasteiger partial charge in [0.05, 0.1) is 5.41 Å². The van der Waals surface area contributed by atoms with E-state index in [0.717, 1.165) is 15.7 Å². The first kappa shape index (κ1) is 9.52. The normalized spacial score (nSPS) is 17.8. The number of rotatable bonds is 0. The molecule has 74 valence electrons. The minimum absolute atomic E-state index is 0.0185. The summed E-state index contributed by atoms with van der Waals surface area (Å²) in [6.45, 7) is 3.78. The summed E-state index contributed by atoms with van der Waals surface area (Å²) >= 11 is 3.33. The van der Waals surface area contributed by atoms with E-state index in [4.69, 9.17) is 5.73 Å². The van der Waals surface area contributed by atoms with Gasteiger partial charge in [0.1, 0.15) is 0 Å². The first-order valence-corrected chi connectivity index (χ1v) is 5.13. The highest BCUT2D eigenvalue weighted by atomic mass is 79.9. The van der Waals surface area contributed by atoms with Gasteiger partial charge in [-0.15, -0.1) is 0 Å². The summed E-state index contributed by atoms with van der Waals surface area (Å²) in [4.78, 5) is 11.6. The van der Waals surface area contributed by atoms with Gasteiger partial charge in [0.15, 0.2) is 0 Å². The van der Waals surface area contributed by atoms with Gasteiger partial charge in [0.25, 0.3) is 0 Å². The third-order valence-corrected chi connectivity index (χ3v) is 3.31. The summed E-state index contributed by atoms with van der Waals surface area (Å²) in [5.74, 6) is 0.0185. The van der Waals surface area contributed by atoms with Crippen LogP contribution in [0.25, 0.3) is 0 Å². The van der Waals surface area contributed by atoms with Crippen molar-refractivity contribution >= 4 is 33.2 Å². The number of nitrogens with one attached hydrogen (secondary N) is 1. The van der Waals surface area contributed by atoms with Gasteiger partial charge >= 0.3 is 0 Å². The lowest BCUT2D eigenvalue weighted by Gasteiger charge is -2.15. The molecule has 0 saturated carbocycles. The number of benzene rings is 1. The SMILES string of the molecule is CC1(C)C(=O)Nc2cc(Br)c(N)cc21. The molecule has 0 saturated heterocycles. The summed E-state index contributed by atoms with van der Waals surface area (Å²) in [7, 11) is 0. The number of hydrogen-bond donors (Lipinski definition) is 2. The Morgan fingerprint density at radius 3 is 2.71 bits per heavy atom. The maximum absolute atomic E-state index is 11.6. The van der Waals surface area contributed by atoms with Crippen molar-refractivity contribution in [2.45, 2.75) is 19.3 Å². The van der Waals surface area contributed by atoms with Crippen LogP contribution in [0.15, 0.2) is 16.6 Å². The number of nitrogens with two attached hydrogens (primary N) is 1. The van der Waals surface area contributed by atoms with E-state index in [2.05, 4.69) is 21.2 Å². The second-order valence-corrected chi connectivity index (χ2v) is 4.85. The van der Waals surface area contributed by atoms with Crippen LogP contribution in [0.2, 0.25) is 0 Å². The van der Waals surface area contributed by atoms with Crippen LogP contribution in [-0.4, -0.2) is 5.91 Å². The van der Waals surface area contributed by atoms with E-state index >= 15 is 0 Å². The standard InChI is InChI=1S/C10H11BrN2O/c1-10(2)5-3-7(12)6(11)4-8(5)13-9(10)14/h3-4H,12H2,1-2H3,(H,13,14). The molecule has 1 aliphatic rings. The smallest absolute Gasteiger partial charge is 0.234 e. The Hall–Kier alpha value is -1.03. The van der Waals surface area contributed by atoms with Crippen molar-refractivity contribution in [3.63, 3.8) is 0 Å². The second-order valence-electron chi connectivity index (χ2n) is 4.00. The Kier molecular flexibility index (Phi) is 1.86. The quantitative estimate of drug-likeness (QED) is 0.698. The minimum Gasteiger partial charge on any atom is -0.398 e. The zero-order valence-electron chi connectivity index (χ0n) is 8.02. The van der Waals surface area contributed by atoms with E-state index in [-0.39, 0.29) is 5.91 Å². The van der Waals surface area contributed by atoms with Crippen LogP contribution in [0.5, 0.6) is 0 Å². The number of halogens is 1. The lowest BCUT2D eigenvalue weighted by atomic mass is 9.86. The van der Waals surface area contributed by atoms with E-state index in [0.29, 0.717) is 5.69 Å². The molecular weight excluding hydrogens is 244 g/mol. The van der Waals surface area contributed by atoms with Crippen molar-refractivity contribution in [3.8, 4) is 0 Å². The number of amides is 1. The van der Waals surface area contributed by atoms with Crippen molar-refractivity contribution in [2.24, 2.45) is 0 Å². The van der Waals surface area contributed by atoms with Crippen LogP contribution in [0.4, 0.5) is 11.4 Å². The topological polar surface area (TPSA) is 55.1 Å². The molecule has 1 amide bonds. The van der Waals surface area contributed by atoms with Crippen LogP contribution < -0.4 is 11.1 Å². The monoisotopic (exact) mass is 254 g/mol. The summed E-state index contributed by atoms with van der Waals surface area (Å²) in [5, 5.41) is 2.83. The van der Waals surface area contributed by atoms with E-state index in [1.165, 1.54) is 0 Å². The molecular formula is C10H11BrN2O. The van der Waals surface area contributed by atoms with Crippen LogP contribution >= 0.6 is 15.9 Å². The minimum atomic E-state index is -0.482. The molecule has 0 aromatic heterocycles. The molecule has 3 N–H and O–H groups in total. The molecule has 3 nitrogen and oxygen atoms in total. The number of hydrogen-bond acceptors (Lipinski definition) is 2. The summed E-state index contributed by atoms with van der Waals surface area (Å²) < 4.78 is 0.814. The van der Waals surface area contributed by atoms with Crippen LogP contribution in [0, 0.1) is 0 Å². The molecule has 2 rings (SSSR count). The number of nitrogen functional groups attached to an aromatic ring is 1. The predicted octanol–water partition coefficient (Wildman–Crippen LogP) is 2.26. The van der Waals surface area contributed by atoms with Gasteiger partial charge in [-0.2, -0.15) is 0 Å². The van der Waals surface area contributed by atoms with E-state index < -0.39 is 5.41 Å². The van der Waals surface area contributed by atoms with Gasteiger partial charge in [0, 0.05) is 15.8 Å². The molecule has 0 spiro atoms. The second kappa shape index (κ2) is 2.73. The highest BCUT2D eigenvalue weighted by Gasteiger charge is 2.38. The van der Waals surface area contributed by atoms with Crippen LogP contribution in [0.1, 0.15) is 19.4 Å². The van der Waals surface area contributed by atoms with Gasteiger partial charge in [-0.1, -0.05) is 0 Å². The summed E-state index contributed by atoms with van der Waals surface area (Å²) in [6, 6.07) is 3.69. The van der Waals surface area contributed by atoms with Crippen molar-refractivity contribution in [1.82, 2.24) is 0 Å². The van der Waals surface area contributed by atoms with Crippen LogP contribution in [-0.2, 0) is 10.2 Å². The largest absolute Gasteiger partial charge is 0.398 e. The zero-order valence-corrected chi connectivity index (χ0v) is 9.60. The molecule has 0 bridgehead atoms. The average molecular weight is 255 g/mol. The van der Waals surface area contributed by atoms with Gasteiger partial charge in [0.2, 0.25) is 5.91 Å². The zero-order chi connectivity index (χ0) is 10.5. The van der Waals surface area contributed by atoms with Crippen molar-refractivity contribution in [2.75, 3.05) is 11.1 Å². The number of fused-ring (bicyclic) bond motifs is 1. The molecule has 0 fully saturated rings. The molecule has 1 aliphatic heterocycles. The molecule has 4 heteroatoms. The first-order valence-electron chi connectivity index (χ1n) is 4.34. The lowest BCUT2D eigenvalue weighted by Crippen LogP contribution is -2.26. The fourth-order valence-electron chi connectivity index (χ4n) is 1.61. The highest BCUT2D eigenvalue weighted by Crippen LogP contribution is 2.40. The van der Waals surface area contributed by atoms with Crippen molar-refractivity contribution < 1.29 is 4.79 Å². The first-order chi connectivity index (χ1) is 6.43. The van der Waals surface area contributed by atoms with E-state index in [1.807, 2.05) is 26.0 Å². The highest BCUT2D eigenvalue weighted by molar-refractivity contribution is 9.10. The molecule has 0 aliphatic carbocycles. The Balaban J connectivity index is 2.67. The Bertz CT molecular complexity index is 426. The third kappa shape index (κ3) is 1.14. The molecule has 0 atom stereocenters. The van der Waals surface area contributed by atoms with Gasteiger partial charge in [-0.05, 0) is 47.5 Å². The Morgan fingerprint density at radius 2 is 2.07 bits per heavy atom. The van der Waals surface area contributed by atoms with E-state index in [1.54, 1.807) is 0 Å². The third-order valence-electron chi connectivity index (χ3n) is 2.63. The van der Waals surface area contributed by atoms with Gasteiger partial charge in [-0.25, -0.2) is 0 Å². The molecule has 0 radical (unpaired) electrons. The molecule has 1 heterocycles. The summed E-state index contributed by atoms with van der Waals surface area (Å²) in [6.07, 6.45) is 0. The number of anilines is 2. The maximum Gasteiger partial charge on any atom is 0.234 e. The number of carbonyl (C=O) groups excluding carboxylic acids is 1. The Morgan fingerprint density at radius 1 is 1.43 bits per heavy atom. The Labute approximate surface area is 90.8 Å². The van der Waals surface area contributed by atoms with Gasteiger partial charge in [-0.3, -0.25) is 4.79 Å². The van der Waals surface area contributed by atoms with Gasteiger partial charge < -0.3 is 11.1 Å². The lowest BCUT2D eigenvalue weighted by molar-refractivity contribution is -0.119. The average Bonchev–Trinajstić information content (AvgIpc) is 2.28. The molecule has 1 aromatic rings. The van der Waals surface area contributed by atoms with Crippen molar-refractivity contribution in [3.05, 3.63) is 22.2 Å². The molecule has 1 aromatic carbocycles. The molecule has 14 heavy (non-hydrogen) atoms. The fraction of sp³-hybridized carbons (Fsp3) is 0.300. The number of carbonyl (C=O) groups is 1. The predicted molar refractivity (Wildman–Crippen MR) is 60.2 cm³/mol.